The van der Waals surface area contributed by atoms with Gasteiger partial charge in [0.2, 0.25) is 0 Å². The van der Waals surface area contributed by atoms with Gasteiger partial charge in [-0.1, -0.05) is 50.0 Å². The number of carbonyl (C=O) groups excluding carboxylic acids is 1. The molecule has 0 bridgehead atoms. The molecule has 0 spiro atoms. The van der Waals surface area contributed by atoms with Crippen LogP contribution in [0.4, 0.5) is 0 Å². The molecule has 3 rings (SSSR count). The molecule has 1 heterocycles. The first kappa shape index (κ1) is 18.9. The molecular formula is C20H28N2O3Si. The maximum absolute atomic E-state index is 12.4. The molecule has 0 saturated heterocycles. The number of ether oxygens (including phenoxy) is 2. The van der Waals surface area contributed by atoms with E-state index in [1.165, 1.54) is 0 Å². The molecular weight excluding hydrogens is 344 g/mol. The fourth-order valence-electron chi connectivity index (χ4n) is 2.64. The van der Waals surface area contributed by atoms with E-state index in [-0.39, 0.29) is 12.6 Å². The number of benzene rings is 1. The molecule has 1 aliphatic carbocycles. The predicted molar refractivity (Wildman–Crippen MR) is 104 cm³/mol. The summed E-state index contributed by atoms with van der Waals surface area (Å²) in [6.45, 7) is 8.48. The van der Waals surface area contributed by atoms with Gasteiger partial charge in [0.25, 0.3) is 0 Å². The van der Waals surface area contributed by atoms with Crippen LogP contribution in [-0.2, 0) is 22.8 Å². The third-order valence-electron chi connectivity index (χ3n) is 4.40. The van der Waals surface area contributed by atoms with Gasteiger partial charge in [0.15, 0.2) is 5.69 Å². The van der Waals surface area contributed by atoms with Crippen LogP contribution in [-0.4, -0.2) is 30.2 Å². The SMILES string of the molecule is C[Si](C)(C)CCOCn1cc(C(=O)OCc2ccccc2)nc1C1CC1. The molecule has 5 nitrogen and oxygen atoms in total. The molecule has 1 aliphatic rings. The Morgan fingerprint density at radius 3 is 2.62 bits per heavy atom. The highest BCUT2D eigenvalue weighted by atomic mass is 28.3. The summed E-state index contributed by atoms with van der Waals surface area (Å²) < 4.78 is 13.2. The predicted octanol–water partition coefficient (Wildman–Crippen LogP) is 4.43. The van der Waals surface area contributed by atoms with Crippen molar-refractivity contribution >= 4 is 14.0 Å². The van der Waals surface area contributed by atoms with E-state index < -0.39 is 8.07 Å². The molecule has 140 valence electrons. The number of carbonyl (C=O) groups is 1. The maximum atomic E-state index is 12.4. The van der Waals surface area contributed by atoms with E-state index in [0.29, 0.717) is 18.3 Å². The van der Waals surface area contributed by atoms with Gasteiger partial charge in [-0.15, -0.1) is 0 Å². The minimum absolute atomic E-state index is 0.262. The van der Waals surface area contributed by atoms with Gasteiger partial charge in [-0.2, -0.15) is 0 Å². The Balaban J connectivity index is 1.58. The highest BCUT2D eigenvalue weighted by molar-refractivity contribution is 6.76. The molecule has 1 aromatic carbocycles. The lowest BCUT2D eigenvalue weighted by Crippen LogP contribution is -2.22. The van der Waals surface area contributed by atoms with Crippen molar-refractivity contribution in [3.8, 4) is 0 Å². The summed E-state index contributed by atoms with van der Waals surface area (Å²) in [6, 6.07) is 10.8. The van der Waals surface area contributed by atoms with Gasteiger partial charge in [0, 0.05) is 26.8 Å². The number of esters is 1. The monoisotopic (exact) mass is 372 g/mol. The molecule has 0 radical (unpaired) electrons. The Morgan fingerprint density at radius 2 is 1.96 bits per heavy atom. The largest absolute Gasteiger partial charge is 0.456 e. The third kappa shape index (κ3) is 5.54. The number of aromatic nitrogens is 2. The molecule has 1 saturated carbocycles. The van der Waals surface area contributed by atoms with Crippen molar-refractivity contribution in [3.63, 3.8) is 0 Å². The Kier molecular flexibility index (Phi) is 5.93. The second kappa shape index (κ2) is 8.18. The smallest absolute Gasteiger partial charge is 0.358 e. The fourth-order valence-corrected chi connectivity index (χ4v) is 3.39. The molecule has 0 amide bonds. The molecule has 2 aromatic rings. The fraction of sp³-hybridized carbons (Fsp3) is 0.500. The van der Waals surface area contributed by atoms with Gasteiger partial charge in [-0.3, -0.25) is 0 Å². The van der Waals surface area contributed by atoms with Crippen molar-refractivity contribution < 1.29 is 14.3 Å². The highest BCUT2D eigenvalue weighted by Crippen LogP contribution is 2.39. The van der Waals surface area contributed by atoms with Crippen LogP contribution < -0.4 is 0 Å². The van der Waals surface area contributed by atoms with Gasteiger partial charge in [-0.25, -0.2) is 9.78 Å². The second-order valence-electron chi connectivity index (χ2n) is 8.14. The molecule has 0 aliphatic heterocycles. The summed E-state index contributed by atoms with van der Waals surface area (Å²) >= 11 is 0. The first-order chi connectivity index (χ1) is 12.4. The van der Waals surface area contributed by atoms with Crippen LogP contribution in [0.25, 0.3) is 0 Å². The van der Waals surface area contributed by atoms with Gasteiger partial charge in [0.05, 0.1) is 0 Å². The van der Waals surface area contributed by atoms with Crippen LogP contribution in [0.5, 0.6) is 0 Å². The highest BCUT2D eigenvalue weighted by Gasteiger charge is 2.30. The van der Waals surface area contributed by atoms with Gasteiger partial charge < -0.3 is 14.0 Å². The number of nitrogens with zero attached hydrogens (tertiary/aromatic N) is 2. The quantitative estimate of drug-likeness (QED) is 0.371. The zero-order valence-electron chi connectivity index (χ0n) is 15.9. The molecule has 1 aromatic heterocycles. The zero-order valence-corrected chi connectivity index (χ0v) is 16.9. The number of imidazole rings is 1. The number of hydrogen-bond donors (Lipinski definition) is 0. The average molecular weight is 373 g/mol. The van der Waals surface area contributed by atoms with E-state index in [1.54, 1.807) is 6.20 Å². The van der Waals surface area contributed by atoms with E-state index in [1.807, 2.05) is 34.9 Å². The molecule has 0 N–H and O–H groups in total. The molecule has 0 unspecified atom stereocenters. The Morgan fingerprint density at radius 1 is 1.23 bits per heavy atom. The summed E-state index contributed by atoms with van der Waals surface area (Å²) in [5, 5.41) is 0. The van der Waals surface area contributed by atoms with Crippen molar-refractivity contribution in [2.24, 2.45) is 0 Å². The zero-order chi connectivity index (χ0) is 18.6. The summed E-state index contributed by atoms with van der Waals surface area (Å²) in [5.74, 6) is 1.02. The van der Waals surface area contributed by atoms with Gasteiger partial charge in [-0.05, 0) is 24.4 Å². The van der Waals surface area contributed by atoms with Crippen LogP contribution in [0.15, 0.2) is 36.5 Å². The average Bonchev–Trinajstić information content (AvgIpc) is 3.36. The van der Waals surface area contributed by atoms with Gasteiger partial charge >= 0.3 is 5.97 Å². The normalized spacial score (nSPS) is 14.4. The topological polar surface area (TPSA) is 53.4 Å². The standard InChI is InChI=1S/C20H28N2O3Si/c1-26(2,3)12-11-24-15-22-13-18(21-19(22)17-9-10-17)20(23)25-14-16-7-5-4-6-8-16/h4-8,13,17H,9-12,14-15H2,1-3H3. The lowest BCUT2D eigenvalue weighted by molar-refractivity contribution is 0.0465. The summed E-state index contributed by atoms with van der Waals surface area (Å²) in [5.41, 5.74) is 1.34. The van der Waals surface area contributed by atoms with Crippen LogP contribution >= 0.6 is 0 Å². The van der Waals surface area contributed by atoms with Crippen molar-refractivity contribution in [1.29, 1.82) is 0 Å². The maximum Gasteiger partial charge on any atom is 0.358 e. The Bertz CT molecular complexity index is 733. The second-order valence-corrected chi connectivity index (χ2v) is 13.8. The van der Waals surface area contributed by atoms with E-state index in [4.69, 9.17) is 9.47 Å². The van der Waals surface area contributed by atoms with Crippen LogP contribution in [0.3, 0.4) is 0 Å². The minimum Gasteiger partial charge on any atom is -0.456 e. The lowest BCUT2D eigenvalue weighted by atomic mass is 10.2. The Labute approximate surface area is 156 Å². The van der Waals surface area contributed by atoms with Crippen molar-refractivity contribution in [2.75, 3.05) is 6.61 Å². The minimum atomic E-state index is -1.10. The van der Waals surface area contributed by atoms with Crippen molar-refractivity contribution in [3.05, 3.63) is 53.6 Å². The molecule has 0 atom stereocenters. The van der Waals surface area contributed by atoms with Crippen molar-refractivity contribution in [1.82, 2.24) is 9.55 Å². The summed E-state index contributed by atoms with van der Waals surface area (Å²) in [6.07, 6.45) is 4.03. The summed E-state index contributed by atoms with van der Waals surface area (Å²) in [4.78, 5) is 16.9. The van der Waals surface area contributed by atoms with Crippen LogP contribution in [0, 0.1) is 0 Å². The molecule has 1 fully saturated rings. The number of rotatable bonds is 9. The molecule has 26 heavy (non-hydrogen) atoms. The van der Waals surface area contributed by atoms with E-state index in [9.17, 15) is 4.79 Å². The number of hydrogen-bond acceptors (Lipinski definition) is 4. The first-order valence-electron chi connectivity index (χ1n) is 9.28. The van der Waals surface area contributed by atoms with Gasteiger partial charge in [0.1, 0.15) is 19.2 Å². The Hall–Kier alpha value is -1.92. The summed E-state index contributed by atoms with van der Waals surface area (Å²) in [7, 11) is -1.10. The van der Waals surface area contributed by atoms with E-state index >= 15 is 0 Å². The third-order valence-corrected chi connectivity index (χ3v) is 6.10. The first-order valence-corrected chi connectivity index (χ1v) is 13.0. The van der Waals surface area contributed by atoms with E-state index in [2.05, 4.69) is 24.6 Å². The lowest BCUT2D eigenvalue weighted by Gasteiger charge is -2.16. The van der Waals surface area contributed by atoms with Crippen LogP contribution in [0.2, 0.25) is 25.7 Å². The van der Waals surface area contributed by atoms with Crippen molar-refractivity contribution in [2.45, 2.75) is 57.8 Å². The van der Waals surface area contributed by atoms with Crippen LogP contribution in [0.1, 0.15) is 40.6 Å². The van der Waals surface area contributed by atoms with E-state index in [0.717, 1.165) is 36.9 Å². The molecule has 6 heteroatoms.